The van der Waals surface area contributed by atoms with E-state index >= 15 is 0 Å². The fourth-order valence-electron chi connectivity index (χ4n) is 2.42. The van der Waals surface area contributed by atoms with Crippen LogP contribution in [0.4, 0.5) is 0 Å². The molecular weight excluding hydrogens is 256 g/mol. The molecule has 1 amide bonds. The summed E-state index contributed by atoms with van der Waals surface area (Å²) in [6.45, 7) is 4.41. The molecule has 0 unspecified atom stereocenters. The minimum Gasteiger partial charge on any atom is -0.346 e. The lowest BCUT2D eigenvalue weighted by Gasteiger charge is -2.24. The van der Waals surface area contributed by atoms with E-state index < -0.39 is 0 Å². The summed E-state index contributed by atoms with van der Waals surface area (Å²) in [4.78, 5) is 20.3. The maximum atomic E-state index is 12.2. The van der Waals surface area contributed by atoms with Crippen LogP contribution in [-0.4, -0.2) is 36.7 Å². The number of rotatable bonds is 2. The van der Waals surface area contributed by atoms with Crippen molar-refractivity contribution in [3.63, 3.8) is 0 Å². The lowest BCUT2D eigenvalue weighted by atomic mass is 10.1. The smallest absolute Gasteiger partial charge is 0.270 e. The topological polar surface area (TPSA) is 85.6 Å². The average molecular weight is 272 g/mol. The van der Waals surface area contributed by atoms with Gasteiger partial charge < -0.3 is 9.88 Å². The third kappa shape index (κ3) is 2.38. The second kappa shape index (κ2) is 4.99. The van der Waals surface area contributed by atoms with Crippen LogP contribution < -0.4 is 5.32 Å². The highest BCUT2D eigenvalue weighted by atomic mass is 16.1. The molecule has 0 radical (unpaired) electrons. The van der Waals surface area contributed by atoms with Gasteiger partial charge in [0.25, 0.3) is 5.91 Å². The van der Waals surface area contributed by atoms with Crippen LogP contribution in [0.3, 0.4) is 0 Å². The van der Waals surface area contributed by atoms with E-state index in [0.29, 0.717) is 18.1 Å². The zero-order valence-electron chi connectivity index (χ0n) is 11.5. The number of hydrogen-bond donors (Lipinski definition) is 1. The minimum absolute atomic E-state index is 0.0833. The zero-order valence-corrected chi connectivity index (χ0v) is 11.5. The molecule has 0 saturated heterocycles. The van der Waals surface area contributed by atoms with Crippen LogP contribution in [0.2, 0.25) is 0 Å². The van der Waals surface area contributed by atoms with Gasteiger partial charge in [0.2, 0.25) is 0 Å². The van der Waals surface area contributed by atoms with Gasteiger partial charge in [-0.2, -0.15) is 0 Å². The van der Waals surface area contributed by atoms with Gasteiger partial charge in [0, 0.05) is 25.2 Å². The van der Waals surface area contributed by atoms with Crippen molar-refractivity contribution in [3.8, 4) is 0 Å². The molecule has 104 valence electrons. The van der Waals surface area contributed by atoms with Crippen molar-refractivity contribution in [3.05, 3.63) is 35.4 Å². The molecule has 3 heterocycles. The highest BCUT2D eigenvalue weighted by molar-refractivity contribution is 5.92. The van der Waals surface area contributed by atoms with E-state index in [4.69, 9.17) is 0 Å². The summed E-state index contributed by atoms with van der Waals surface area (Å²) in [5.74, 6) is 2.32. The van der Waals surface area contributed by atoms with E-state index in [0.717, 1.165) is 24.5 Å². The third-order valence-electron chi connectivity index (χ3n) is 3.48. The second-order valence-corrected chi connectivity index (χ2v) is 4.97. The highest BCUT2D eigenvalue weighted by Gasteiger charge is 2.23. The molecule has 7 nitrogen and oxygen atoms in total. The van der Waals surface area contributed by atoms with Gasteiger partial charge in [-0.3, -0.25) is 4.79 Å². The molecule has 0 spiro atoms. The van der Waals surface area contributed by atoms with Crippen molar-refractivity contribution in [2.24, 2.45) is 0 Å². The van der Waals surface area contributed by atoms with E-state index in [1.54, 1.807) is 19.2 Å². The SMILES string of the molecule is Cc1nccc(C(=O)N[C@@H]2CCc3nnc(C)n3C2)n1. The van der Waals surface area contributed by atoms with E-state index in [2.05, 4.69) is 30.0 Å². The number of amides is 1. The summed E-state index contributed by atoms with van der Waals surface area (Å²) in [6, 6.07) is 1.71. The Hall–Kier alpha value is -2.31. The van der Waals surface area contributed by atoms with Gasteiger partial charge >= 0.3 is 0 Å². The van der Waals surface area contributed by atoms with Crippen LogP contribution in [-0.2, 0) is 13.0 Å². The molecule has 1 aliphatic heterocycles. The number of aromatic nitrogens is 5. The summed E-state index contributed by atoms with van der Waals surface area (Å²) in [6.07, 6.45) is 3.29. The van der Waals surface area contributed by atoms with Gasteiger partial charge in [0.1, 0.15) is 23.2 Å². The van der Waals surface area contributed by atoms with Crippen LogP contribution in [0, 0.1) is 13.8 Å². The molecule has 2 aromatic rings. The van der Waals surface area contributed by atoms with Gasteiger partial charge in [0.05, 0.1) is 0 Å². The largest absolute Gasteiger partial charge is 0.346 e. The minimum atomic E-state index is -0.158. The van der Waals surface area contributed by atoms with Crippen LogP contribution in [0.1, 0.15) is 34.4 Å². The number of carbonyl (C=O) groups is 1. The Morgan fingerprint density at radius 1 is 1.40 bits per heavy atom. The summed E-state index contributed by atoms with van der Waals surface area (Å²) in [7, 11) is 0. The molecule has 1 N–H and O–H groups in total. The molecule has 7 heteroatoms. The first-order valence-corrected chi connectivity index (χ1v) is 6.62. The van der Waals surface area contributed by atoms with Crippen molar-refractivity contribution in [2.45, 2.75) is 39.3 Å². The van der Waals surface area contributed by atoms with Crippen LogP contribution in [0.5, 0.6) is 0 Å². The van der Waals surface area contributed by atoms with E-state index in [9.17, 15) is 4.79 Å². The lowest BCUT2D eigenvalue weighted by molar-refractivity contribution is 0.0921. The molecule has 20 heavy (non-hydrogen) atoms. The number of nitrogens with zero attached hydrogens (tertiary/aromatic N) is 5. The van der Waals surface area contributed by atoms with E-state index in [-0.39, 0.29) is 11.9 Å². The van der Waals surface area contributed by atoms with Gasteiger partial charge in [-0.1, -0.05) is 0 Å². The maximum absolute atomic E-state index is 12.2. The summed E-state index contributed by atoms with van der Waals surface area (Å²) in [5, 5.41) is 11.2. The molecule has 1 aliphatic rings. The molecule has 0 fully saturated rings. The summed E-state index contributed by atoms with van der Waals surface area (Å²) < 4.78 is 2.06. The van der Waals surface area contributed by atoms with Gasteiger partial charge in [-0.25, -0.2) is 9.97 Å². The van der Waals surface area contributed by atoms with Gasteiger partial charge in [0.15, 0.2) is 0 Å². The number of fused-ring (bicyclic) bond motifs is 1. The van der Waals surface area contributed by atoms with Crippen molar-refractivity contribution in [2.75, 3.05) is 0 Å². The van der Waals surface area contributed by atoms with Crippen LogP contribution in [0.15, 0.2) is 12.3 Å². The van der Waals surface area contributed by atoms with Crippen molar-refractivity contribution in [1.29, 1.82) is 0 Å². The summed E-state index contributed by atoms with van der Waals surface area (Å²) >= 11 is 0. The Morgan fingerprint density at radius 3 is 3.05 bits per heavy atom. The fraction of sp³-hybridized carbons (Fsp3) is 0.462. The standard InChI is InChI=1S/C13H16N6O/c1-8-14-6-5-11(15-8)13(20)16-10-3-4-12-18-17-9(2)19(12)7-10/h5-6,10H,3-4,7H2,1-2H3,(H,16,20)/t10-/m1/s1. The second-order valence-electron chi connectivity index (χ2n) is 4.97. The third-order valence-corrected chi connectivity index (χ3v) is 3.48. The molecule has 0 saturated carbocycles. The average Bonchev–Trinajstić information content (AvgIpc) is 2.80. The molecule has 0 aliphatic carbocycles. The Kier molecular flexibility index (Phi) is 3.17. The number of carbonyl (C=O) groups excluding carboxylic acids is 1. The van der Waals surface area contributed by atoms with Crippen molar-refractivity contribution < 1.29 is 4.79 Å². The van der Waals surface area contributed by atoms with Crippen LogP contribution in [0.25, 0.3) is 0 Å². The number of hydrogen-bond acceptors (Lipinski definition) is 5. The first-order valence-electron chi connectivity index (χ1n) is 6.62. The molecule has 2 aromatic heterocycles. The molecule has 0 bridgehead atoms. The monoisotopic (exact) mass is 272 g/mol. The zero-order chi connectivity index (χ0) is 14.1. The first-order chi connectivity index (χ1) is 9.63. The van der Waals surface area contributed by atoms with Crippen molar-refractivity contribution in [1.82, 2.24) is 30.0 Å². The Bertz CT molecular complexity index is 650. The molecule has 1 atom stereocenters. The van der Waals surface area contributed by atoms with Gasteiger partial charge in [-0.15, -0.1) is 10.2 Å². The highest BCUT2D eigenvalue weighted by Crippen LogP contribution is 2.14. The Labute approximate surface area is 116 Å². The molecular formula is C13H16N6O. The molecule has 0 aromatic carbocycles. The fourth-order valence-corrected chi connectivity index (χ4v) is 2.42. The first kappa shape index (κ1) is 12.7. The van der Waals surface area contributed by atoms with Crippen LogP contribution >= 0.6 is 0 Å². The van der Waals surface area contributed by atoms with Crippen molar-refractivity contribution >= 4 is 5.91 Å². The number of nitrogens with one attached hydrogen (secondary N) is 1. The Morgan fingerprint density at radius 2 is 2.25 bits per heavy atom. The Balaban J connectivity index is 1.70. The predicted octanol–water partition coefficient (Wildman–Crippen LogP) is 0.430. The van der Waals surface area contributed by atoms with Gasteiger partial charge in [-0.05, 0) is 26.3 Å². The predicted molar refractivity (Wildman–Crippen MR) is 71.1 cm³/mol. The maximum Gasteiger partial charge on any atom is 0.270 e. The number of aryl methyl sites for hydroxylation is 3. The lowest BCUT2D eigenvalue weighted by Crippen LogP contribution is -2.41. The normalized spacial score (nSPS) is 17.6. The quantitative estimate of drug-likeness (QED) is 0.856. The van der Waals surface area contributed by atoms with E-state index in [1.165, 1.54) is 0 Å². The summed E-state index contributed by atoms with van der Waals surface area (Å²) in [5.41, 5.74) is 0.406. The molecule has 3 rings (SSSR count). The van der Waals surface area contributed by atoms with E-state index in [1.807, 2.05) is 6.92 Å².